The summed E-state index contributed by atoms with van der Waals surface area (Å²) in [5.74, 6) is 0.554. The molecule has 3 aromatic rings. The van der Waals surface area contributed by atoms with Crippen LogP contribution in [0.1, 0.15) is 24.0 Å². The van der Waals surface area contributed by atoms with Crippen LogP contribution in [-0.4, -0.2) is 22.1 Å². The van der Waals surface area contributed by atoms with Crippen molar-refractivity contribution in [3.8, 4) is 11.4 Å². The maximum absolute atomic E-state index is 12.3. The van der Waals surface area contributed by atoms with Gasteiger partial charge in [-0.15, -0.1) is 0 Å². The van der Waals surface area contributed by atoms with Crippen molar-refractivity contribution in [2.75, 3.05) is 6.61 Å². The van der Waals surface area contributed by atoms with E-state index in [1.165, 1.54) is 11.1 Å². The lowest BCUT2D eigenvalue weighted by Crippen LogP contribution is -2.29. The standard InChI is InChI=1S/C24H23N3O2/c1-18-15-22(27-14-13-25-17-27)11-12-23(18)29-16-24(28)26-21-9-7-20(8-10-21)19-5-3-2-4-6-19/h2-7,9,11-15,17H,8,10,16H2,1H3,(H,26,28). The van der Waals surface area contributed by atoms with E-state index in [0.717, 1.165) is 29.8 Å². The molecule has 0 unspecified atom stereocenters. The van der Waals surface area contributed by atoms with E-state index < -0.39 is 0 Å². The van der Waals surface area contributed by atoms with Crippen LogP contribution in [0.2, 0.25) is 0 Å². The fourth-order valence-electron chi connectivity index (χ4n) is 3.36. The number of hydrogen-bond donors (Lipinski definition) is 1. The molecule has 0 saturated carbocycles. The highest BCUT2D eigenvalue weighted by molar-refractivity contribution is 5.80. The molecule has 1 amide bonds. The smallest absolute Gasteiger partial charge is 0.262 e. The Bertz CT molecular complexity index is 1050. The van der Waals surface area contributed by atoms with Gasteiger partial charge in [0, 0.05) is 23.8 Å². The molecule has 0 aliphatic heterocycles. The summed E-state index contributed by atoms with van der Waals surface area (Å²) >= 11 is 0. The number of benzene rings is 2. The zero-order chi connectivity index (χ0) is 20.1. The fourth-order valence-corrected chi connectivity index (χ4v) is 3.36. The van der Waals surface area contributed by atoms with Crippen molar-refractivity contribution in [1.29, 1.82) is 0 Å². The number of allylic oxidation sites excluding steroid dienone is 4. The van der Waals surface area contributed by atoms with Gasteiger partial charge in [0.1, 0.15) is 5.75 Å². The van der Waals surface area contributed by atoms with Crippen molar-refractivity contribution >= 4 is 11.5 Å². The minimum atomic E-state index is -0.147. The molecular formula is C24H23N3O2. The summed E-state index contributed by atoms with van der Waals surface area (Å²) in [6.07, 6.45) is 11.2. The molecule has 0 radical (unpaired) electrons. The van der Waals surface area contributed by atoms with Gasteiger partial charge >= 0.3 is 0 Å². The SMILES string of the molecule is Cc1cc(-n2ccnc2)ccc1OCC(=O)NC1=CC=C(c2ccccc2)CC1. The van der Waals surface area contributed by atoms with E-state index in [1.54, 1.807) is 12.5 Å². The minimum Gasteiger partial charge on any atom is -0.483 e. The number of ether oxygens (including phenoxy) is 1. The number of aryl methyl sites for hydroxylation is 1. The van der Waals surface area contributed by atoms with Gasteiger partial charge < -0.3 is 14.6 Å². The number of carbonyl (C=O) groups excluding carboxylic acids is 1. The normalized spacial score (nSPS) is 13.4. The Balaban J connectivity index is 1.33. The van der Waals surface area contributed by atoms with E-state index >= 15 is 0 Å². The Kier molecular flexibility index (Phi) is 5.56. The average Bonchev–Trinajstić information content (AvgIpc) is 3.29. The van der Waals surface area contributed by atoms with Gasteiger partial charge in [-0.1, -0.05) is 36.4 Å². The maximum Gasteiger partial charge on any atom is 0.262 e. The summed E-state index contributed by atoms with van der Waals surface area (Å²) < 4.78 is 7.65. The van der Waals surface area contributed by atoms with Crippen LogP contribution in [0.25, 0.3) is 11.3 Å². The third-order valence-electron chi connectivity index (χ3n) is 4.91. The zero-order valence-electron chi connectivity index (χ0n) is 16.3. The van der Waals surface area contributed by atoms with Crippen LogP contribution >= 0.6 is 0 Å². The van der Waals surface area contributed by atoms with Crippen LogP contribution in [0.15, 0.2) is 85.1 Å². The largest absolute Gasteiger partial charge is 0.483 e. The quantitative estimate of drug-likeness (QED) is 0.683. The first-order chi connectivity index (χ1) is 14.2. The third kappa shape index (κ3) is 4.63. The minimum absolute atomic E-state index is 0.0160. The van der Waals surface area contributed by atoms with E-state index in [0.29, 0.717) is 5.75 Å². The van der Waals surface area contributed by atoms with Crippen LogP contribution in [0.5, 0.6) is 5.75 Å². The van der Waals surface area contributed by atoms with Crippen molar-refractivity contribution in [3.05, 3.63) is 96.2 Å². The molecular weight excluding hydrogens is 362 g/mol. The highest BCUT2D eigenvalue weighted by Gasteiger charge is 2.12. The number of imidazole rings is 1. The Morgan fingerprint density at radius 3 is 2.69 bits per heavy atom. The van der Waals surface area contributed by atoms with Crippen molar-refractivity contribution in [2.45, 2.75) is 19.8 Å². The molecule has 0 atom stereocenters. The maximum atomic E-state index is 12.3. The average molecular weight is 385 g/mol. The monoisotopic (exact) mass is 385 g/mol. The van der Waals surface area contributed by atoms with Crippen molar-refractivity contribution < 1.29 is 9.53 Å². The molecule has 1 aliphatic rings. The van der Waals surface area contributed by atoms with Gasteiger partial charge in [-0.05, 0) is 60.7 Å². The molecule has 5 heteroatoms. The number of aromatic nitrogens is 2. The molecule has 146 valence electrons. The van der Waals surface area contributed by atoms with Gasteiger partial charge in [0.25, 0.3) is 5.91 Å². The topological polar surface area (TPSA) is 56.2 Å². The molecule has 0 fully saturated rings. The number of nitrogens with zero attached hydrogens (tertiary/aromatic N) is 2. The van der Waals surface area contributed by atoms with Crippen LogP contribution in [0, 0.1) is 6.92 Å². The summed E-state index contributed by atoms with van der Waals surface area (Å²) in [5, 5.41) is 2.95. The molecule has 1 aliphatic carbocycles. The molecule has 0 bridgehead atoms. The van der Waals surface area contributed by atoms with E-state index in [-0.39, 0.29) is 12.5 Å². The predicted octanol–water partition coefficient (Wildman–Crippen LogP) is 4.44. The molecule has 5 nitrogen and oxygen atoms in total. The summed E-state index contributed by atoms with van der Waals surface area (Å²) in [7, 11) is 0. The van der Waals surface area contributed by atoms with E-state index in [4.69, 9.17) is 4.74 Å². The number of hydrogen-bond acceptors (Lipinski definition) is 3. The lowest BCUT2D eigenvalue weighted by molar-refractivity contribution is -0.122. The molecule has 0 spiro atoms. The molecule has 0 saturated heterocycles. The molecule has 29 heavy (non-hydrogen) atoms. The van der Waals surface area contributed by atoms with Crippen molar-refractivity contribution in [3.63, 3.8) is 0 Å². The number of rotatable bonds is 6. The number of nitrogens with one attached hydrogen (secondary N) is 1. The second-order valence-electron chi connectivity index (χ2n) is 7.01. The number of carbonyl (C=O) groups is 1. The first kappa shape index (κ1) is 18.7. The lowest BCUT2D eigenvalue weighted by Gasteiger charge is -2.16. The molecule has 2 aromatic carbocycles. The van der Waals surface area contributed by atoms with Crippen molar-refractivity contribution in [1.82, 2.24) is 14.9 Å². The van der Waals surface area contributed by atoms with Gasteiger partial charge in [0.15, 0.2) is 6.61 Å². The van der Waals surface area contributed by atoms with Crippen LogP contribution < -0.4 is 10.1 Å². The zero-order valence-corrected chi connectivity index (χ0v) is 16.3. The summed E-state index contributed by atoms with van der Waals surface area (Å²) in [4.78, 5) is 16.3. The molecule has 1 heterocycles. The van der Waals surface area contributed by atoms with Crippen LogP contribution in [-0.2, 0) is 4.79 Å². The van der Waals surface area contributed by atoms with E-state index in [9.17, 15) is 4.79 Å². The van der Waals surface area contributed by atoms with E-state index in [1.807, 2.05) is 60.2 Å². The third-order valence-corrected chi connectivity index (χ3v) is 4.91. The number of amides is 1. The Morgan fingerprint density at radius 1 is 1.14 bits per heavy atom. The molecule has 4 rings (SSSR count). The van der Waals surface area contributed by atoms with Gasteiger partial charge in [-0.2, -0.15) is 0 Å². The second kappa shape index (κ2) is 8.61. The Morgan fingerprint density at radius 2 is 2.00 bits per heavy atom. The second-order valence-corrected chi connectivity index (χ2v) is 7.01. The van der Waals surface area contributed by atoms with Crippen LogP contribution in [0.3, 0.4) is 0 Å². The summed E-state index contributed by atoms with van der Waals surface area (Å²) in [6, 6.07) is 16.1. The van der Waals surface area contributed by atoms with E-state index in [2.05, 4.69) is 28.5 Å². The summed E-state index contributed by atoms with van der Waals surface area (Å²) in [6.45, 7) is 1.95. The van der Waals surface area contributed by atoms with Crippen molar-refractivity contribution in [2.24, 2.45) is 0 Å². The van der Waals surface area contributed by atoms with Gasteiger partial charge in [0.2, 0.25) is 0 Å². The predicted molar refractivity (Wildman–Crippen MR) is 114 cm³/mol. The Labute approximate surface area is 170 Å². The lowest BCUT2D eigenvalue weighted by atomic mass is 9.96. The van der Waals surface area contributed by atoms with Gasteiger partial charge in [-0.25, -0.2) is 4.98 Å². The first-order valence-electron chi connectivity index (χ1n) is 9.66. The van der Waals surface area contributed by atoms with Crippen LogP contribution in [0.4, 0.5) is 0 Å². The summed E-state index contributed by atoms with van der Waals surface area (Å²) in [5.41, 5.74) is 5.41. The highest BCUT2D eigenvalue weighted by atomic mass is 16.5. The fraction of sp³-hybridized carbons (Fsp3) is 0.167. The van der Waals surface area contributed by atoms with Gasteiger partial charge in [0.05, 0.1) is 6.33 Å². The Hall–Kier alpha value is -3.60. The molecule has 1 N–H and O–H groups in total. The highest BCUT2D eigenvalue weighted by Crippen LogP contribution is 2.25. The first-order valence-corrected chi connectivity index (χ1v) is 9.66. The van der Waals surface area contributed by atoms with Gasteiger partial charge in [-0.3, -0.25) is 4.79 Å². The molecule has 1 aromatic heterocycles.